The first-order valence-corrected chi connectivity index (χ1v) is 6.17. The second-order valence-corrected chi connectivity index (χ2v) is 4.73. The summed E-state index contributed by atoms with van der Waals surface area (Å²) in [7, 11) is 0. The number of carbonyl (C=O) groups is 1. The van der Waals surface area contributed by atoms with E-state index < -0.39 is 0 Å². The molecule has 0 radical (unpaired) electrons. The normalized spacial score (nSPS) is 20.4. The molecule has 0 aromatic carbocycles. The summed E-state index contributed by atoms with van der Waals surface area (Å²) in [4.78, 5) is 22.5. The lowest BCUT2D eigenvalue weighted by molar-refractivity contribution is -0.118. The summed E-state index contributed by atoms with van der Waals surface area (Å²) in [6.45, 7) is 6.44. The lowest BCUT2D eigenvalue weighted by atomic mass is 9.99. The fourth-order valence-electron chi connectivity index (χ4n) is 2.47. The molecule has 17 heavy (non-hydrogen) atoms. The molecule has 0 bridgehead atoms. The van der Waals surface area contributed by atoms with Crippen molar-refractivity contribution in [3.63, 3.8) is 0 Å². The number of carbonyl (C=O) groups excluding carboxylic acids is 1. The van der Waals surface area contributed by atoms with Crippen LogP contribution in [0.5, 0.6) is 0 Å². The van der Waals surface area contributed by atoms with Crippen LogP contribution in [0.1, 0.15) is 37.7 Å². The molecule has 4 nitrogen and oxygen atoms in total. The molecule has 0 spiro atoms. The van der Waals surface area contributed by atoms with Gasteiger partial charge < -0.3 is 4.90 Å². The van der Waals surface area contributed by atoms with E-state index >= 15 is 0 Å². The van der Waals surface area contributed by atoms with E-state index in [1.165, 1.54) is 0 Å². The summed E-state index contributed by atoms with van der Waals surface area (Å²) in [6, 6.07) is 1.96. The predicted octanol–water partition coefficient (Wildman–Crippen LogP) is 2.04. The number of Topliss-reactive ketones (excluding diaryl/α,β-unsaturated/α-hetero) is 1. The van der Waals surface area contributed by atoms with Crippen molar-refractivity contribution in [3.05, 3.63) is 17.6 Å². The number of piperidine rings is 1. The Bertz CT molecular complexity index is 410. The van der Waals surface area contributed by atoms with Gasteiger partial charge in [-0.05, 0) is 40.0 Å². The zero-order valence-corrected chi connectivity index (χ0v) is 10.7. The third-order valence-corrected chi connectivity index (χ3v) is 3.22. The summed E-state index contributed by atoms with van der Waals surface area (Å²) in [5.74, 6) is 1.90. The minimum atomic E-state index is -0.00236. The van der Waals surface area contributed by atoms with Crippen molar-refractivity contribution in [1.82, 2.24) is 9.97 Å². The van der Waals surface area contributed by atoms with Gasteiger partial charge in [0.05, 0.1) is 6.04 Å². The topological polar surface area (TPSA) is 46.1 Å². The summed E-state index contributed by atoms with van der Waals surface area (Å²) >= 11 is 0. The van der Waals surface area contributed by atoms with Gasteiger partial charge in [-0.15, -0.1) is 0 Å². The van der Waals surface area contributed by atoms with E-state index in [1.54, 1.807) is 6.92 Å². The van der Waals surface area contributed by atoms with E-state index in [0.717, 1.165) is 43.1 Å². The molecule has 4 heteroatoms. The highest BCUT2D eigenvalue weighted by atomic mass is 16.1. The lowest BCUT2D eigenvalue weighted by Crippen LogP contribution is -2.44. The number of nitrogens with zero attached hydrogens (tertiary/aromatic N) is 3. The second-order valence-electron chi connectivity index (χ2n) is 4.73. The van der Waals surface area contributed by atoms with Crippen LogP contribution >= 0.6 is 0 Å². The third-order valence-electron chi connectivity index (χ3n) is 3.22. The van der Waals surface area contributed by atoms with Gasteiger partial charge in [0.1, 0.15) is 11.6 Å². The molecule has 1 atom stereocenters. The molecule has 1 aliphatic rings. The third kappa shape index (κ3) is 2.62. The molecule has 0 aliphatic carbocycles. The molecule has 0 N–H and O–H groups in total. The summed E-state index contributed by atoms with van der Waals surface area (Å²) in [5.41, 5.74) is 0.959. The van der Waals surface area contributed by atoms with Crippen LogP contribution in [-0.4, -0.2) is 28.3 Å². The Kier molecular flexibility index (Phi) is 3.41. The minimum absolute atomic E-state index is 0.00236. The zero-order chi connectivity index (χ0) is 12.4. The van der Waals surface area contributed by atoms with E-state index in [9.17, 15) is 4.79 Å². The van der Waals surface area contributed by atoms with Crippen molar-refractivity contribution in [3.8, 4) is 0 Å². The van der Waals surface area contributed by atoms with Crippen LogP contribution < -0.4 is 4.90 Å². The highest BCUT2D eigenvalue weighted by molar-refractivity contribution is 5.84. The van der Waals surface area contributed by atoms with Gasteiger partial charge in [0.15, 0.2) is 5.78 Å². The largest absolute Gasteiger partial charge is 0.346 e. The number of hydrogen-bond acceptors (Lipinski definition) is 4. The van der Waals surface area contributed by atoms with E-state index in [0.29, 0.717) is 0 Å². The first kappa shape index (κ1) is 12.0. The Morgan fingerprint density at radius 3 is 2.76 bits per heavy atom. The van der Waals surface area contributed by atoms with Crippen LogP contribution in [0.4, 0.5) is 5.82 Å². The van der Waals surface area contributed by atoms with Gasteiger partial charge in [0.25, 0.3) is 0 Å². The van der Waals surface area contributed by atoms with E-state index in [1.807, 2.05) is 19.9 Å². The standard InChI is InChI=1S/C13H19N3O/c1-9-8-13(15-11(3)14-9)16-7-5-4-6-12(16)10(2)17/h8,12H,4-7H2,1-3H3. The predicted molar refractivity (Wildman–Crippen MR) is 67.2 cm³/mol. The van der Waals surface area contributed by atoms with E-state index in [4.69, 9.17) is 0 Å². The summed E-state index contributed by atoms with van der Waals surface area (Å²) < 4.78 is 0. The number of aromatic nitrogens is 2. The molecule has 2 rings (SSSR count). The zero-order valence-electron chi connectivity index (χ0n) is 10.7. The minimum Gasteiger partial charge on any atom is -0.346 e. The Hall–Kier alpha value is -1.45. The highest BCUT2D eigenvalue weighted by Gasteiger charge is 2.27. The molecule has 1 fully saturated rings. The number of aryl methyl sites for hydroxylation is 2. The van der Waals surface area contributed by atoms with Crippen molar-refractivity contribution in [2.24, 2.45) is 0 Å². The monoisotopic (exact) mass is 233 g/mol. The molecule has 92 valence electrons. The fraction of sp³-hybridized carbons (Fsp3) is 0.615. The maximum Gasteiger partial charge on any atom is 0.152 e. The molecule has 2 heterocycles. The van der Waals surface area contributed by atoms with Gasteiger partial charge >= 0.3 is 0 Å². The maximum absolute atomic E-state index is 11.7. The Balaban J connectivity index is 2.32. The van der Waals surface area contributed by atoms with Gasteiger partial charge in [0.2, 0.25) is 0 Å². The number of rotatable bonds is 2. The smallest absolute Gasteiger partial charge is 0.152 e. The molecular weight excluding hydrogens is 214 g/mol. The highest BCUT2D eigenvalue weighted by Crippen LogP contribution is 2.24. The Morgan fingerprint density at radius 1 is 1.35 bits per heavy atom. The van der Waals surface area contributed by atoms with Crippen LogP contribution in [0.15, 0.2) is 6.07 Å². The average molecular weight is 233 g/mol. The molecule has 0 amide bonds. The van der Waals surface area contributed by atoms with Crippen LogP contribution in [0.3, 0.4) is 0 Å². The van der Waals surface area contributed by atoms with E-state index in [-0.39, 0.29) is 11.8 Å². The van der Waals surface area contributed by atoms with Crippen LogP contribution in [0.25, 0.3) is 0 Å². The number of ketones is 1. The van der Waals surface area contributed by atoms with Gasteiger partial charge in [-0.2, -0.15) is 0 Å². The van der Waals surface area contributed by atoms with Gasteiger partial charge in [-0.25, -0.2) is 9.97 Å². The molecular formula is C13H19N3O. The fourth-order valence-corrected chi connectivity index (χ4v) is 2.47. The van der Waals surface area contributed by atoms with Crippen LogP contribution in [-0.2, 0) is 4.79 Å². The van der Waals surface area contributed by atoms with Crippen LogP contribution in [0, 0.1) is 13.8 Å². The van der Waals surface area contributed by atoms with E-state index in [2.05, 4.69) is 14.9 Å². The van der Waals surface area contributed by atoms with Crippen molar-refractivity contribution in [2.75, 3.05) is 11.4 Å². The SMILES string of the molecule is CC(=O)C1CCCCN1c1cc(C)nc(C)n1. The number of hydrogen-bond donors (Lipinski definition) is 0. The van der Waals surface area contributed by atoms with Crippen molar-refractivity contribution in [2.45, 2.75) is 46.1 Å². The van der Waals surface area contributed by atoms with Crippen molar-refractivity contribution in [1.29, 1.82) is 0 Å². The molecule has 1 saturated heterocycles. The molecule has 1 aromatic heterocycles. The summed E-state index contributed by atoms with van der Waals surface area (Å²) in [6.07, 6.45) is 3.20. The Morgan fingerprint density at radius 2 is 2.12 bits per heavy atom. The van der Waals surface area contributed by atoms with Gasteiger partial charge in [0, 0.05) is 18.3 Å². The summed E-state index contributed by atoms with van der Waals surface area (Å²) in [5, 5.41) is 0. The van der Waals surface area contributed by atoms with Gasteiger partial charge in [-0.1, -0.05) is 0 Å². The van der Waals surface area contributed by atoms with Gasteiger partial charge in [-0.3, -0.25) is 4.79 Å². The lowest BCUT2D eigenvalue weighted by Gasteiger charge is -2.35. The molecule has 1 aliphatic heterocycles. The number of anilines is 1. The average Bonchev–Trinajstić information content (AvgIpc) is 2.27. The Labute approximate surface area is 102 Å². The molecule has 0 saturated carbocycles. The first-order valence-electron chi connectivity index (χ1n) is 6.17. The van der Waals surface area contributed by atoms with Crippen molar-refractivity contribution >= 4 is 11.6 Å². The molecule has 1 aromatic rings. The quantitative estimate of drug-likeness (QED) is 0.784. The molecule has 1 unspecified atom stereocenters. The van der Waals surface area contributed by atoms with Crippen LogP contribution in [0.2, 0.25) is 0 Å². The first-order chi connectivity index (χ1) is 8.08. The maximum atomic E-state index is 11.7. The van der Waals surface area contributed by atoms with Crippen molar-refractivity contribution < 1.29 is 4.79 Å². The second kappa shape index (κ2) is 4.82.